The van der Waals surface area contributed by atoms with E-state index in [0.29, 0.717) is 6.54 Å². The molecule has 0 aromatic carbocycles. The topological polar surface area (TPSA) is 67.7 Å². The van der Waals surface area contributed by atoms with Crippen LogP contribution >= 0.6 is 0 Å². The molecule has 27 heavy (non-hydrogen) atoms. The molecular formula is C21H32N4O2. The van der Waals surface area contributed by atoms with Crippen molar-refractivity contribution in [1.29, 1.82) is 0 Å². The van der Waals surface area contributed by atoms with Gasteiger partial charge in [0.1, 0.15) is 11.2 Å². The van der Waals surface area contributed by atoms with Crippen molar-refractivity contribution in [2.75, 3.05) is 19.6 Å². The highest BCUT2D eigenvalue weighted by Crippen LogP contribution is 2.39. The predicted molar refractivity (Wildman–Crippen MR) is 107 cm³/mol. The number of amides is 1. The summed E-state index contributed by atoms with van der Waals surface area (Å²) in [4.78, 5) is 16.6. The second-order valence-corrected chi connectivity index (χ2v) is 8.76. The van der Waals surface area contributed by atoms with Gasteiger partial charge in [-0.15, -0.1) is 0 Å². The summed E-state index contributed by atoms with van der Waals surface area (Å²) in [5.41, 5.74) is 3.00. The molecule has 1 aliphatic carbocycles. The van der Waals surface area contributed by atoms with E-state index in [-0.39, 0.29) is 11.5 Å². The Hall–Kier alpha value is -2.08. The third kappa shape index (κ3) is 5.22. The van der Waals surface area contributed by atoms with E-state index in [0.717, 1.165) is 43.7 Å². The standard InChI is InChI=1S/C21H32N4O2/c1-16-7-5-8-18-24-17(13-25(16)18)9-12-22-14-21(10-6-11-21)15-23-19(26)27-20(2,3)4/h5,7-8,13,22H,6,9-12,14-15H2,1-4H3,(H,23,26). The minimum absolute atomic E-state index is 0.159. The summed E-state index contributed by atoms with van der Waals surface area (Å²) in [5, 5.41) is 6.51. The summed E-state index contributed by atoms with van der Waals surface area (Å²) < 4.78 is 7.48. The molecule has 1 amide bonds. The number of nitrogens with zero attached hydrogens (tertiary/aromatic N) is 2. The summed E-state index contributed by atoms with van der Waals surface area (Å²) in [6, 6.07) is 6.17. The SMILES string of the molecule is Cc1cccc2nc(CCNCC3(CNC(=O)OC(C)(C)C)CCC3)cn12. The zero-order valence-electron chi connectivity index (χ0n) is 17.0. The minimum atomic E-state index is -0.457. The lowest BCUT2D eigenvalue weighted by molar-refractivity contribution is 0.0451. The van der Waals surface area contributed by atoms with E-state index in [2.05, 4.69) is 39.2 Å². The highest BCUT2D eigenvalue weighted by atomic mass is 16.6. The molecule has 2 heterocycles. The van der Waals surface area contributed by atoms with Gasteiger partial charge in [0.15, 0.2) is 0 Å². The van der Waals surface area contributed by atoms with Gasteiger partial charge in [0.2, 0.25) is 0 Å². The lowest BCUT2D eigenvalue weighted by atomic mass is 9.68. The van der Waals surface area contributed by atoms with E-state index in [1.54, 1.807) is 0 Å². The first-order valence-corrected chi connectivity index (χ1v) is 9.88. The number of ether oxygens (including phenoxy) is 1. The molecule has 6 nitrogen and oxygen atoms in total. The number of aryl methyl sites for hydroxylation is 1. The third-order valence-corrected chi connectivity index (χ3v) is 5.22. The van der Waals surface area contributed by atoms with E-state index >= 15 is 0 Å². The van der Waals surface area contributed by atoms with E-state index in [4.69, 9.17) is 4.74 Å². The number of pyridine rings is 1. The molecule has 1 aliphatic rings. The molecule has 1 saturated carbocycles. The molecule has 0 atom stereocenters. The van der Waals surface area contributed by atoms with E-state index in [1.807, 2.05) is 32.9 Å². The first kappa shape index (κ1) is 19.7. The van der Waals surface area contributed by atoms with Crippen molar-refractivity contribution in [1.82, 2.24) is 20.0 Å². The first-order chi connectivity index (χ1) is 12.8. The molecule has 0 aliphatic heterocycles. The second-order valence-electron chi connectivity index (χ2n) is 8.76. The van der Waals surface area contributed by atoms with Crippen molar-refractivity contribution in [3.05, 3.63) is 35.8 Å². The molecule has 2 N–H and O–H groups in total. The number of rotatable bonds is 7. The molecule has 2 aromatic rings. The Morgan fingerprint density at radius 1 is 1.30 bits per heavy atom. The zero-order chi connectivity index (χ0) is 19.5. The molecule has 1 fully saturated rings. The normalized spacial score (nSPS) is 16.1. The number of carbonyl (C=O) groups excluding carboxylic acids is 1. The molecule has 0 bridgehead atoms. The maximum atomic E-state index is 11.9. The van der Waals surface area contributed by atoms with Crippen LogP contribution in [-0.4, -0.2) is 40.7 Å². The van der Waals surface area contributed by atoms with Crippen molar-refractivity contribution in [3.63, 3.8) is 0 Å². The van der Waals surface area contributed by atoms with Crippen LogP contribution in [0, 0.1) is 12.3 Å². The zero-order valence-corrected chi connectivity index (χ0v) is 17.0. The number of alkyl carbamates (subject to hydrolysis) is 1. The van der Waals surface area contributed by atoms with Crippen molar-refractivity contribution in [2.45, 2.75) is 59.0 Å². The lowest BCUT2D eigenvalue weighted by Gasteiger charge is -2.42. The van der Waals surface area contributed by atoms with Gasteiger partial charge in [-0.1, -0.05) is 12.5 Å². The Kier molecular flexibility index (Phi) is 5.75. The highest BCUT2D eigenvalue weighted by molar-refractivity contribution is 5.67. The number of imidazole rings is 1. The number of aromatic nitrogens is 2. The maximum Gasteiger partial charge on any atom is 0.407 e. The Morgan fingerprint density at radius 3 is 2.70 bits per heavy atom. The average molecular weight is 373 g/mol. The molecular weight excluding hydrogens is 340 g/mol. The monoisotopic (exact) mass is 372 g/mol. The van der Waals surface area contributed by atoms with Crippen LogP contribution in [-0.2, 0) is 11.2 Å². The number of carbonyl (C=O) groups is 1. The van der Waals surface area contributed by atoms with Crippen molar-refractivity contribution in [3.8, 4) is 0 Å². The second kappa shape index (κ2) is 7.89. The van der Waals surface area contributed by atoms with Gasteiger partial charge in [-0.05, 0) is 52.7 Å². The lowest BCUT2D eigenvalue weighted by Crippen LogP contribution is -2.49. The number of fused-ring (bicyclic) bond motifs is 1. The fraction of sp³-hybridized carbons (Fsp3) is 0.619. The number of nitrogens with one attached hydrogen (secondary N) is 2. The largest absolute Gasteiger partial charge is 0.444 e. The van der Waals surface area contributed by atoms with Crippen LogP contribution in [0.15, 0.2) is 24.4 Å². The summed E-state index contributed by atoms with van der Waals surface area (Å²) >= 11 is 0. The molecule has 2 aromatic heterocycles. The van der Waals surface area contributed by atoms with Crippen molar-refractivity contribution < 1.29 is 9.53 Å². The van der Waals surface area contributed by atoms with Gasteiger partial charge >= 0.3 is 6.09 Å². The van der Waals surface area contributed by atoms with Crippen LogP contribution in [0.4, 0.5) is 4.79 Å². The van der Waals surface area contributed by atoms with E-state index in [9.17, 15) is 4.79 Å². The quantitative estimate of drug-likeness (QED) is 0.730. The third-order valence-electron chi connectivity index (χ3n) is 5.22. The number of hydrogen-bond acceptors (Lipinski definition) is 4. The van der Waals surface area contributed by atoms with Crippen LogP contribution in [0.2, 0.25) is 0 Å². The smallest absolute Gasteiger partial charge is 0.407 e. The highest BCUT2D eigenvalue weighted by Gasteiger charge is 2.37. The molecule has 0 saturated heterocycles. The van der Waals surface area contributed by atoms with Gasteiger partial charge in [0.05, 0.1) is 5.69 Å². The summed E-state index contributed by atoms with van der Waals surface area (Å²) in [6.45, 7) is 10.2. The van der Waals surface area contributed by atoms with Crippen molar-refractivity contribution in [2.24, 2.45) is 5.41 Å². The molecule has 3 rings (SSSR count). The molecule has 0 radical (unpaired) electrons. The average Bonchev–Trinajstić information content (AvgIpc) is 2.95. The fourth-order valence-corrected chi connectivity index (χ4v) is 3.56. The van der Waals surface area contributed by atoms with Gasteiger partial charge in [-0.3, -0.25) is 0 Å². The molecule has 6 heteroatoms. The number of hydrogen-bond donors (Lipinski definition) is 2. The summed E-state index contributed by atoms with van der Waals surface area (Å²) in [7, 11) is 0. The minimum Gasteiger partial charge on any atom is -0.444 e. The van der Waals surface area contributed by atoms with Crippen LogP contribution in [0.1, 0.15) is 51.4 Å². The maximum absolute atomic E-state index is 11.9. The van der Waals surface area contributed by atoms with Crippen LogP contribution in [0.3, 0.4) is 0 Å². The summed E-state index contributed by atoms with van der Waals surface area (Å²) in [6.07, 6.45) is 6.20. The Labute approximate surface area is 161 Å². The van der Waals surface area contributed by atoms with Crippen LogP contribution in [0.25, 0.3) is 5.65 Å². The Balaban J connectivity index is 1.44. The van der Waals surface area contributed by atoms with Gasteiger partial charge in [0.25, 0.3) is 0 Å². The fourth-order valence-electron chi connectivity index (χ4n) is 3.56. The predicted octanol–water partition coefficient (Wildman–Crippen LogP) is 3.47. The van der Waals surface area contributed by atoms with Gasteiger partial charge < -0.3 is 19.8 Å². The van der Waals surface area contributed by atoms with Gasteiger partial charge in [0, 0.05) is 43.4 Å². The molecule has 0 unspecified atom stereocenters. The van der Waals surface area contributed by atoms with Crippen LogP contribution in [0.5, 0.6) is 0 Å². The summed E-state index contributed by atoms with van der Waals surface area (Å²) in [5.74, 6) is 0. The molecule has 0 spiro atoms. The van der Waals surface area contributed by atoms with Crippen LogP contribution < -0.4 is 10.6 Å². The Morgan fingerprint density at radius 2 is 2.07 bits per heavy atom. The van der Waals surface area contributed by atoms with Gasteiger partial charge in [-0.25, -0.2) is 9.78 Å². The first-order valence-electron chi connectivity index (χ1n) is 9.88. The van der Waals surface area contributed by atoms with Crippen molar-refractivity contribution >= 4 is 11.7 Å². The Bertz CT molecular complexity index is 787. The molecule has 148 valence electrons. The van der Waals surface area contributed by atoms with E-state index < -0.39 is 5.60 Å². The van der Waals surface area contributed by atoms with Gasteiger partial charge in [-0.2, -0.15) is 0 Å². The van der Waals surface area contributed by atoms with E-state index in [1.165, 1.54) is 12.1 Å².